The van der Waals surface area contributed by atoms with Gasteiger partial charge in [0, 0.05) is 49.9 Å². The van der Waals surface area contributed by atoms with Gasteiger partial charge in [0.05, 0.1) is 18.4 Å². The zero-order valence-corrected chi connectivity index (χ0v) is 20.4. The first-order valence-electron chi connectivity index (χ1n) is 12.5. The Labute approximate surface area is 206 Å². The number of esters is 1. The number of benzene rings is 1. The van der Waals surface area contributed by atoms with E-state index in [1.54, 1.807) is 13.0 Å². The first kappa shape index (κ1) is 23.3. The third-order valence-electron chi connectivity index (χ3n) is 7.79. The minimum Gasteiger partial charge on any atom is -0.464 e. The zero-order chi connectivity index (χ0) is 24.5. The molecule has 1 amide bonds. The summed E-state index contributed by atoms with van der Waals surface area (Å²) < 4.78 is 5.03. The van der Waals surface area contributed by atoms with Crippen molar-refractivity contribution in [3.8, 4) is 0 Å². The molecule has 0 spiro atoms. The first-order valence-corrected chi connectivity index (χ1v) is 12.5. The fraction of sp³-hybridized carbons (Fsp3) is 0.481. The van der Waals surface area contributed by atoms with E-state index in [1.165, 1.54) is 7.11 Å². The van der Waals surface area contributed by atoms with Crippen LogP contribution in [0.4, 0.5) is 17.2 Å². The number of methoxy groups -OCH3 is 1. The average Bonchev–Trinajstić information content (AvgIpc) is 3.26. The summed E-state index contributed by atoms with van der Waals surface area (Å²) in [7, 11) is 1.36. The molecule has 8 nitrogen and oxygen atoms in total. The van der Waals surface area contributed by atoms with Crippen LogP contribution in [0.25, 0.3) is 0 Å². The normalized spacial score (nSPS) is 21.8. The van der Waals surface area contributed by atoms with Crippen LogP contribution in [0.15, 0.2) is 36.4 Å². The van der Waals surface area contributed by atoms with Crippen LogP contribution in [0.2, 0.25) is 0 Å². The highest BCUT2D eigenvalue weighted by atomic mass is 16.5. The van der Waals surface area contributed by atoms with E-state index in [9.17, 15) is 9.59 Å². The molecule has 2 aromatic rings. The number of carbonyl (C=O) groups is 2. The largest absolute Gasteiger partial charge is 0.464 e. The molecule has 2 atom stereocenters. The van der Waals surface area contributed by atoms with E-state index in [2.05, 4.69) is 15.2 Å². The van der Waals surface area contributed by atoms with Gasteiger partial charge in [-0.2, -0.15) is 0 Å². The minimum atomic E-state index is -0.498. The number of anilines is 3. The Morgan fingerprint density at radius 1 is 1.11 bits per heavy atom. The second kappa shape index (κ2) is 9.68. The lowest BCUT2D eigenvalue weighted by atomic mass is 9.78. The molecular weight excluding hydrogens is 442 g/mol. The summed E-state index contributed by atoms with van der Waals surface area (Å²) in [6.45, 7) is 3.99. The predicted octanol–water partition coefficient (Wildman–Crippen LogP) is 4.23. The van der Waals surface area contributed by atoms with Crippen LogP contribution in [-0.4, -0.2) is 60.3 Å². The number of ether oxygens (including phenoxy) is 1. The maximum Gasteiger partial charge on any atom is 0.356 e. The van der Waals surface area contributed by atoms with Crippen LogP contribution < -0.4 is 10.2 Å². The van der Waals surface area contributed by atoms with Crippen molar-refractivity contribution in [2.45, 2.75) is 45.1 Å². The number of rotatable bonds is 6. The monoisotopic (exact) mass is 475 g/mol. The fourth-order valence-corrected chi connectivity index (χ4v) is 5.70. The molecular formula is C27H33N5O3. The van der Waals surface area contributed by atoms with E-state index >= 15 is 0 Å². The summed E-state index contributed by atoms with van der Waals surface area (Å²) in [5, 5.41) is 12.5. The van der Waals surface area contributed by atoms with Gasteiger partial charge in [-0.15, -0.1) is 0 Å². The molecule has 184 valence electrons. The van der Waals surface area contributed by atoms with Gasteiger partial charge in [-0.25, -0.2) is 9.78 Å². The SMILES string of the molecule is COC(=O)c1cc(N2CCC3C(CCN3C(C)=O)C2)c(C(=N)C2CCC2)c(Nc2ccccc2)n1. The van der Waals surface area contributed by atoms with E-state index < -0.39 is 5.97 Å². The van der Waals surface area contributed by atoms with Crippen molar-refractivity contribution >= 4 is 34.8 Å². The highest BCUT2D eigenvalue weighted by Gasteiger charge is 2.40. The third-order valence-corrected chi connectivity index (χ3v) is 7.79. The maximum atomic E-state index is 12.6. The molecule has 2 N–H and O–H groups in total. The Bertz CT molecular complexity index is 1130. The highest BCUT2D eigenvalue weighted by molar-refractivity contribution is 6.10. The van der Waals surface area contributed by atoms with Crippen molar-refractivity contribution < 1.29 is 14.3 Å². The number of para-hydroxylation sites is 1. The quantitative estimate of drug-likeness (QED) is 0.479. The molecule has 8 heteroatoms. The van der Waals surface area contributed by atoms with Gasteiger partial charge in [0.1, 0.15) is 5.82 Å². The number of amides is 1. The van der Waals surface area contributed by atoms with Gasteiger partial charge < -0.3 is 25.3 Å². The van der Waals surface area contributed by atoms with Gasteiger partial charge in [0.2, 0.25) is 5.91 Å². The van der Waals surface area contributed by atoms with Gasteiger partial charge in [0.15, 0.2) is 5.69 Å². The van der Waals surface area contributed by atoms with Crippen LogP contribution in [0, 0.1) is 17.2 Å². The molecule has 2 unspecified atom stereocenters. The molecule has 5 rings (SSSR count). The van der Waals surface area contributed by atoms with Crippen molar-refractivity contribution in [1.29, 1.82) is 5.41 Å². The summed E-state index contributed by atoms with van der Waals surface area (Å²) in [5.74, 6) is 0.740. The van der Waals surface area contributed by atoms with Gasteiger partial charge in [-0.1, -0.05) is 24.6 Å². The Kier molecular flexibility index (Phi) is 6.45. The van der Waals surface area contributed by atoms with Gasteiger partial charge in [-0.05, 0) is 49.8 Å². The number of piperidine rings is 1. The van der Waals surface area contributed by atoms with Gasteiger partial charge in [0.25, 0.3) is 0 Å². The van der Waals surface area contributed by atoms with E-state index in [0.29, 0.717) is 17.4 Å². The molecule has 3 heterocycles. The molecule has 1 aromatic carbocycles. The molecule has 3 aliphatic rings. The van der Waals surface area contributed by atoms with Crippen molar-refractivity contribution in [2.75, 3.05) is 37.0 Å². The van der Waals surface area contributed by atoms with Crippen LogP contribution in [0.5, 0.6) is 0 Å². The standard InChI is InChI=1S/C27H33N5O3/c1-17(33)32-14-11-19-16-31(13-12-22(19)32)23-15-21(27(34)35-2)30-26(29-20-9-4-3-5-10-20)24(23)25(28)18-7-6-8-18/h3-5,9-10,15,18-19,22,28H,6-8,11-14,16H2,1-2H3,(H,29,30). The van der Waals surface area contributed by atoms with Crippen LogP contribution in [-0.2, 0) is 9.53 Å². The number of likely N-dealkylation sites (tertiary alicyclic amines) is 1. The maximum absolute atomic E-state index is 12.6. The van der Waals surface area contributed by atoms with E-state index in [-0.39, 0.29) is 23.6 Å². The minimum absolute atomic E-state index is 0.143. The van der Waals surface area contributed by atoms with E-state index in [0.717, 1.165) is 68.7 Å². The Balaban J connectivity index is 1.57. The van der Waals surface area contributed by atoms with Crippen molar-refractivity contribution in [2.24, 2.45) is 11.8 Å². The van der Waals surface area contributed by atoms with Crippen LogP contribution >= 0.6 is 0 Å². The van der Waals surface area contributed by atoms with E-state index in [4.69, 9.17) is 10.1 Å². The summed E-state index contributed by atoms with van der Waals surface area (Å²) >= 11 is 0. The number of hydrogen-bond acceptors (Lipinski definition) is 7. The molecule has 1 saturated carbocycles. The first-order chi connectivity index (χ1) is 17.0. The van der Waals surface area contributed by atoms with Crippen LogP contribution in [0.3, 0.4) is 0 Å². The molecule has 35 heavy (non-hydrogen) atoms. The highest BCUT2D eigenvalue weighted by Crippen LogP contribution is 2.40. The molecule has 0 radical (unpaired) electrons. The summed E-state index contributed by atoms with van der Waals surface area (Å²) in [6.07, 6.45) is 4.98. The topological polar surface area (TPSA) is 98.6 Å². The van der Waals surface area contributed by atoms with Crippen molar-refractivity contribution in [3.05, 3.63) is 47.7 Å². The lowest BCUT2D eigenvalue weighted by Gasteiger charge is -2.40. The Morgan fingerprint density at radius 2 is 1.89 bits per heavy atom. The second-order valence-corrected chi connectivity index (χ2v) is 9.84. The Morgan fingerprint density at radius 3 is 2.54 bits per heavy atom. The molecule has 3 fully saturated rings. The molecule has 2 saturated heterocycles. The van der Waals surface area contributed by atoms with Crippen molar-refractivity contribution in [1.82, 2.24) is 9.88 Å². The number of nitrogens with zero attached hydrogens (tertiary/aromatic N) is 3. The molecule has 2 aliphatic heterocycles. The zero-order valence-electron chi connectivity index (χ0n) is 20.4. The van der Waals surface area contributed by atoms with Crippen molar-refractivity contribution in [3.63, 3.8) is 0 Å². The number of pyridine rings is 1. The Hall–Kier alpha value is -3.42. The molecule has 1 aliphatic carbocycles. The number of hydrogen-bond donors (Lipinski definition) is 2. The fourth-order valence-electron chi connectivity index (χ4n) is 5.70. The van der Waals surface area contributed by atoms with Crippen LogP contribution in [0.1, 0.15) is 55.1 Å². The molecule has 1 aromatic heterocycles. The summed E-state index contributed by atoms with van der Waals surface area (Å²) in [6, 6.07) is 11.8. The summed E-state index contributed by atoms with van der Waals surface area (Å²) in [4.78, 5) is 33.7. The number of aromatic nitrogens is 1. The number of carbonyl (C=O) groups excluding carboxylic acids is 2. The lowest BCUT2D eigenvalue weighted by molar-refractivity contribution is -0.130. The average molecular weight is 476 g/mol. The van der Waals surface area contributed by atoms with E-state index in [1.807, 2.05) is 35.2 Å². The smallest absolute Gasteiger partial charge is 0.356 e. The van der Waals surface area contributed by atoms with Gasteiger partial charge >= 0.3 is 5.97 Å². The number of nitrogens with one attached hydrogen (secondary N) is 2. The lowest BCUT2D eigenvalue weighted by Crippen LogP contribution is -2.47. The third kappa shape index (κ3) is 4.49. The number of fused-ring (bicyclic) bond motifs is 1. The second-order valence-electron chi connectivity index (χ2n) is 9.84. The predicted molar refractivity (Wildman–Crippen MR) is 136 cm³/mol. The molecule has 0 bridgehead atoms. The van der Waals surface area contributed by atoms with Gasteiger partial charge in [-0.3, -0.25) is 4.79 Å². The summed E-state index contributed by atoms with van der Waals surface area (Å²) in [5.41, 5.74) is 3.28.